The van der Waals surface area contributed by atoms with Crippen LogP contribution in [0.15, 0.2) is 36.4 Å². The molecule has 2 aliphatic rings. The van der Waals surface area contributed by atoms with Gasteiger partial charge in [-0.3, -0.25) is 9.59 Å². The van der Waals surface area contributed by atoms with Crippen LogP contribution in [0.1, 0.15) is 32.6 Å². The molecule has 0 heterocycles. The molecule has 3 aromatic carbocycles. The average molecular weight is 298 g/mol. The first-order valence-corrected chi connectivity index (χ1v) is 7.93. The van der Waals surface area contributed by atoms with E-state index in [1.54, 1.807) is 0 Å². The fourth-order valence-electron chi connectivity index (χ4n) is 4.28. The molecule has 5 rings (SSSR count). The van der Waals surface area contributed by atoms with E-state index in [2.05, 4.69) is 25.1 Å². The fourth-order valence-corrected chi connectivity index (χ4v) is 4.28. The molecule has 2 nitrogen and oxygen atoms in total. The molecule has 0 N–H and O–H groups in total. The number of rotatable bonds is 0. The van der Waals surface area contributed by atoms with E-state index in [0.717, 1.165) is 23.8 Å². The highest BCUT2D eigenvalue weighted by Crippen LogP contribution is 2.41. The maximum atomic E-state index is 12.2. The molecule has 0 saturated heterocycles. The molecule has 0 fully saturated rings. The Morgan fingerprint density at radius 1 is 0.870 bits per heavy atom. The van der Waals surface area contributed by atoms with E-state index < -0.39 is 11.6 Å². The smallest absolute Gasteiger partial charge is 0.233 e. The second-order valence-corrected chi connectivity index (χ2v) is 6.42. The maximum Gasteiger partial charge on any atom is 0.233 e. The Bertz CT molecular complexity index is 1100. The summed E-state index contributed by atoms with van der Waals surface area (Å²) in [4.78, 5) is 23.9. The molecule has 3 aromatic rings. The zero-order valence-corrected chi connectivity index (χ0v) is 12.8. The van der Waals surface area contributed by atoms with Crippen LogP contribution in [0.2, 0.25) is 0 Å². The van der Waals surface area contributed by atoms with Gasteiger partial charge in [-0.1, -0.05) is 24.3 Å². The SMILES string of the molecule is Cc1c2cccc3c2c(c2ccc4c(c12)C=CC(=O)C4=O)CC3. The Balaban J connectivity index is 2.04. The summed E-state index contributed by atoms with van der Waals surface area (Å²) in [6.07, 6.45) is 5.34. The molecular formula is C21H14O2. The van der Waals surface area contributed by atoms with Gasteiger partial charge in [0, 0.05) is 5.56 Å². The molecule has 2 heteroatoms. The van der Waals surface area contributed by atoms with Crippen LogP contribution in [0, 0.1) is 6.92 Å². The highest BCUT2D eigenvalue weighted by Gasteiger charge is 2.26. The highest BCUT2D eigenvalue weighted by atomic mass is 16.2. The van der Waals surface area contributed by atoms with Crippen molar-refractivity contribution in [2.75, 3.05) is 0 Å². The van der Waals surface area contributed by atoms with Gasteiger partial charge in [0.2, 0.25) is 11.6 Å². The van der Waals surface area contributed by atoms with Gasteiger partial charge < -0.3 is 0 Å². The van der Waals surface area contributed by atoms with E-state index >= 15 is 0 Å². The van der Waals surface area contributed by atoms with Crippen LogP contribution in [0.4, 0.5) is 0 Å². The fraction of sp³-hybridized carbons (Fsp3) is 0.143. The highest BCUT2D eigenvalue weighted by molar-refractivity contribution is 6.50. The van der Waals surface area contributed by atoms with E-state index in [0.29, 0.717) is 5.56 Å². The molecule has 0 radical (unpaired) electrons. The molecule has 23 heavy (non-hydrogen) atoms. The number of ketones is 2. The van der Waals surface area contributed by atoms with Crippen molar-refractivity contribution in [1.82, 2.24) is 0 Å². The lowest BCUT2D eigenvalue weighted by Gasteiger charge is -2.17. The molecule has 0 atom stereocenters. The second kappa shape index (κ2) is 4.17. The number of aryl methyl sites for hydroxylation is 3. The van der Waals surface area contributed by atoms with Crippen LogP contribution < -0.4 is 0 Å². The Labute approximate surface area is 133 Å². The van der Waals surface area contributed by atoms with Crippen LogP contribution in [0.5, 0.6) is 0 Å². The maximum absolute atomic E-state index is 12.2. The van der Waals surface area contributed by atoms with E-state index in [-0.39, 0.29) is 0 Å². The third kappa shape index (κ3) is 1.48. The monoisotopic (exact) mass is 298 g/mol. The van der Waals surface area contributed by atoms with Crippen molar-refractivity contribution in [2.24, 2.45) is 0 Å². The largest absolute Gasteiger partial charge is 0.286 e. The van der Waals surface area contributed by atoms with Gasteiger partial charge in [-0.15, -0.1) is 0 Å². The van der Waals surface area contributed by atoms with Gasteiger partial charge in [0.15, 0.2) is 0 Å². The molecule has 0 amide bonds. The molecule has 0 aliphatic heterocycles. The Morgan fingerprint density at radius 3 is 2.61 bits per heavy atom. The second-order valence-electron chi connectivity index (χ2n) is 6.42. The number of fused-ring (bicyclic) bond motifs is 4. The molecule has 110 valence electrons. The molecule has 0 saturated carbocycles. The zero-order valence-electron chi connectivity index (χ0n) is 12.8. The summed E-state index contributed by atoms with van der Waals surface area (Å²) < 4.78 is 0. The standard InChI is InChI=1S/C21H14O2/c1-11-13-4-2-3-12-5-6-15(20(12)13)14-7-8-17-16(19(11)14)9-10-18(22)21(17)23/h2-4,7-10H,5-6H2,1H3. The number of allylic oxidation sites excluding steroid dienone is 1. The molecule has 0 bridgehead atoms. The first-order valence-electron chi connectivity index (χ1n) is 7.93. The van der Waals surface area contributed by atoms with E-state index in [1.807, 2.05) is 18.2 Å². The van der Waals surface area contributed by atoms with Gasteiger partial charge >= 0.3 is 0 Å². The summed E-state index contributed by atoms with van der Waals surface area (Å²) in [5.41, 5.74) is 5.44. The molecule has 0 aromatic heterocycles. The van der Waals surface area contributed by atoms with Crippen molar-refractivity contribution in [3.05, 3.63) is 64.2 Å². The Hall–Kier alpha value is -2.74. The predicted molar refractivity (Wildman–Crippen MR) is 92.0 cm³/mol. The van der Waals surface area contributed by atoms with Gasteiger partial charge in [0.25, 0.3) is 0 Å². The van der Waals surface area contributed by atoms with Gasteiger partial charge in [-0.05, 0) is 81.8 Å². The number of hydrogen-bond donors (Lipinski definition) is 0. The number of hydrogen-bond acceptors (Lipinski definition) is 2. The summed E-state index contributed by atoms with van der Waals surface area (Å²) in [6.45, 7) is 2.12. The number of Topliss-reactive ketones (excluding diaryl/α,β-unsaturated/α-hetero) is 1. The summed E-state index contributed by atoms with van der Waals surface area (Å²) in [5.74, 6) is -0.823. The quantitative estimate of drug-likeness (QED) is 0.461. The average Bonchev–Trinajstić information content (AvgIpc) is 3.00. The summed E-state index contributed by atoms with van der Waals surface area (Å²) in [6, 6.07) is 10.4. The predicted octanol–water partition coefficient (Wildman–Crippen LogP) is 4.18. The van der Waals surface area contributed by atoms with Crippen LogP contribution in [-0.4, -0.2) is 11.6 Å². The van der Waals surface area contributed by atoms with E-state index in [9.17, 15) is 9.59 Å². The number of benzene rings is 3. The van der Waals surface area contributed by atoms with Crippen molar-refractivity contribution in [3.8, 4) is 0 Å². The van der Waals surface area contributed by atoms with Crippen molar-refractivity contribution >= 4 is 39.2 Å². The first kappa shape index (κ1) is 12.8. The molecule has 2 aliphatic carbocycles. The third-order valence-corrected chi connectivity index (χ3v) is 5.32. The number of carbonyl (C=O) groups is 2. The third-order valence-electron chi connectivity index (χ3n) is 5.32. The summed E-state index contributed by atoms with van der Waals surface area (Å²) >= 11 is 0. The molecule has 0 unspecified atom stereocenters. The van der Waals surface area contributed by atoms with Crippen LogP contribution >= 0.6 is 0 Å². The van der Waals surface area contributed by atoms with Crippen molar-refractivity contribution < 1.29 is 9.59 Å². The molecular weight excluding hydrogens is 284 g/mol. The zero-order chi connectivity index (χ0) is 15.7. The summed E-state index contributed by atoms with van der Waals surface area (Å²) in [7, 11) is 0. The van der Waals surface area contributed by atoms with Gasteiger partial charge in [-0.2, -0.15) is 0 Å². The minimum atomic E-state index is -0.429. The lowest BCUT2D eigenvalue weighted by atomic mass is 9.85. The van der Waals surface area contributed by atoms with E-state index in [1.165, 1.54) is 38.9 Å². The normalized spacial score (nSPS) is 15.7. The van der Waals surface area contributed by atoms with Crippen molar-refractivity contribution in [3.63, 3.8) is 0 Å². The molecule has 0 spiro atoms. The minimum absolute atomic E-state index is 0.394. The van der Waals surface area contributed by atoms with Gasteiger partial charge in [0.05, 0.1) is 0 Å². The van der Waals surface area contributed by atoms with Crippen molar-refractivity contribution in [2.45, 2.75) is 19.8 Å². The van der Waals surface area contributed by atoms with Crippen LogP contribution in [0.25, 0.3) is 27.6 Å². The van der Waals surface area contributed by atoms with E-state index in [4.69, 9.17) is 0 Å². The lowest BCUT2D eigenvalue weighted by Crippen LogP contribution is -2.16. The van der Waals surface area contributed by atoms with Crippen LogP contribution in [-0.2, 0) is 17.6 Å². The summed E-state index contributed by atoms with van der Waals surface area (Å²) in [5, 5.41) is 5.01. The topological polar surface area (TPSA) is 34.1 Å². The van der Waals surface area contributed by atoms with Gasteiger partial charge in [-0.25, -0.2) is 0 Å². The Kier molecular flexibility index (Phi) is 2.31. The number of carbonyl (C=O) groups excluding carboxylic acids is 2. The van der Waals surface area contributed by atoms with Crippen molar-refractivity contribution in [1.29, 1.82) is 0 Å². The Morgan fingerprint density at radius 2 is 1.74 bits per heavy atom. The lowest BCUT2D eigenvalue weighted by molar-refractivity contribution is -0.110. The first-order chi connectivity index (χ1) is 11.2. The van der Waals surface area contributed by atoms with Gasteiger partial charge in [0.1, 0.15) is 0 Å². The minimum Gasteiger partial charge on any atom is -0.286 e. The van der Waals surface area contributed by atoms with Crippen LogP contribution in [0.3, 0.4) is 0 Å².